The van der Waals surface area contributed by atoms with Crippen LogP contribution in [-0.2, 0) is 16.0 Å². The first-order chi connectivity index (χ1) is 9.67. The first kappa shape index (κ1) is 14.3. The molecule has 0 saturated heterocycles. The van der Waals surface area contributed by atoms with Crippen LogP contribution >= 0.6 is 0 Å². The zero-order valence-electron chi connectivity index (χ0n) is 11.7. The fourth-order valence-electron chi connectivity index (χ4n) is 2.39. The van der Waals surface area contributed by atoms with Crippen LogP contribution in [-0.4, -0.2) is 31.3 Å². The molecule has 0 aliphatic heterocycles. The third-order valence-corrected chi connectivity index (χ3v) is 3.53. The van der Waals surface area contributed by atoms with Gasteiger partial charge in [0.15, 0.2) is 0 Å². The maximum Gasteiger partial charge on any atom is 0.322 e. The van der Waals surface area contributed by atoms with E-state index < -0.39 is 0 Å². The van der Waals surface area contributed by atoms with Gasteiger partial charge in [0.25, 0.3) is 0 Å². The van der Waals surface area contributed by atoms with Gasteiger partial charge in [0, 0.05) is 5.39 Å². The van der Waals surface area contributed by atoms with Crippen molar-refractivity contribution >= 4 is 16.7 Å². The molecule has 2 aromatic carbocycles. The molecule has 106 valence electrons. The van der Waals surface area contributed by atoms with Gasteiger partial charge >= 0.3 is 5.97 Å². The Balaban J connectivity index is 2.22. The number of carbonyl (C=O) groups excluding carboxylic acids is 1. The summed E-state index contributed by atoms with van der Waals surface area (Å²) in [5.41, 5.74) is 1.11. The van der Waals surface area contributed by atoms with Crippen LogP contribution in [0.2, 0.25) is 0 Å². The summed E-state index contributed by atoms with van der Waals surface area (Å²) in [5, 5.41) is 14.7. The highest BCUT2D eigenvalue weighted by Crippen LogP contribution is 2.28. The number of ether oxygens (including phenoxy) is 1. The van der Waals surface area contributed by atoms with Crippen LogP contribution in [0.15, 0.2) is 36.4 Å². The molecule has 0 saturated carbocycles. The zero-order chi connectivity index (χ0) is 14.5. The van der Waals surface area contributed by atoms with Crippen LogP contribution in [0.3, 0.4) is 0 Å². The molecule has 0 aromatic heterocycles. The van der Waals surface area contributed by atoms with E-state index >= 15 is 0 Å². The Bertz CT molecular complexity index is 610. The molecule has 0 bridgehead atoms. The molecule has 0 spiro atoms. The first-order valence-corrected chi connectivity index (χ1v) is 6.62. The Hall–Kier alpha value is -2.07. The molecular formula is C16H19NO3. The number of rotatable bonds is 5. The second-order valence-electron chi connectivity index (χ2n) is 4.69. The third-order valence-electron chi connectivity index (χ3n) is 3.53. The largest absolute Gasteiger partial charge is 0.507 e. The SMILES string of the molecule is CN[C@@H](CCc1ccc(O)c2ccccc12)C(=O)OC. The van der Waals surface area contributed by atoms with Crippen molar-refractivity contribution < 1.29 is 14.6 Å². The number of fused-ring (bicyclic) bond motifs is 1. The Kier molecular flexibility index (Phi) is 4.58. The molecule has 1 atom stereocenters. The van der Waals surface area contributed by atoms with Gasteiger partial charge < -0.3 is 15.2 Å². The van der Waals surface area contributed by atoms with E-state index in [4.69, 9.17) is 4.74 Å². The molecule has 0 fully saturated rings. The average Bonchev–Trinajstić information content (AvgIpc) is 2.49. The molecule has 0 aliphatic carbocycles. The van der Waals surface area contributed by atoms with Gasteiger partial charge in [-0.25, -0.2) is 0 Å². The highest BCUT2D eigenvalue weighted by Gasteiger charge is 2.17. The topological polar surface area (TPSA) is 58.6 Å². The van der Waals surface area contributed by atoms with Crippen molar-refractivity contribution in [1.29, 1.82) is 0 Å². The van der Waals surface area contributed by atoms with Crippen LogP contribution in [0, 0.1) is 0 Å². The molecule has 2 aromatic rings. The molecule has 0 heterocycles. The molecule has 0 aliphatic rings. The lowest BCUT2D eigenvalue weighted by Gasteiger charge is -2.14. The summed E-state index contributed by atoms with van der Waals surface area (Å²) >= 11 is 0. The summed E-state index contributed by atoms with van der Waals surface area (Å²) < 4.78 is 4.76. The number of hydrogen-bond donors (Lipinski definition) is 2. The minimum Gasteiger partial charge on any atom is -0.507 e. The average molecular weight is 273 g/mol. The number of aryl methyl sites for hydroxylation is 1. The van der Waals surface area contributed by atoms with E-state index in [-0.39, 0.29) is 17.8 Å². The predicted molar refractivity (Wildman–Crippen MR) is 78.8 cm³/mol. The summed E-state index contributed by atoms with van der Waals surface area (Å²) in [5.74, 6) is 0.0260. The van der Waals surface area contributed by atoms with Crippen molar-refractivity contribution in [3.63, 3.8) is 0 Å². The Morgan fingerprint density at radius 3 is 2.60 bits per heavy atom. The molecule has 0 unspecified atom stereocenters. The second kappa shape index (κ2) is 6.39. The van der Waals surface area contributed by atoms with Crippen LogP contribution in [0.5, 0.6) is 5.75 Å². The number of phenols is 1. The monoisotopic (exact) mass is 273 g/mol. The van der Waals surface area contributed by atoms with E-state index in [1.165, 1.54) is 7.11 Å². The van der Waals surface area contributed by atoms with Gasteiger partial charge in [-0.15, -0.1) is 0 Å². The van der Waals surface area contributed by atoms with Gasteiger partial charge in [-0.3, -0.25) is 4.79 Å². The van der Waals surface area contributed by atoms with Crippen LogP contribution in [0.25, 0.3) is 10.8 Å². The molecule has 0 amide bonds. The third kappa shape index (κ3) is 2.91. The smallest absolute Gasteiger partial charge is 0.322 e. The van der Waals surface area contributed by atoms with Crippen molar-refractivity contribution in [3.8, 4) is 5.75 Å². The van der Waals surface area contributed by atoms with Gasteiger partial charge in [0.1, 0.15) is 11.8 Å². The number of methoxy groups -OCH3 is 1. The standard InChI is InChI=1S/C16H19NO3/c1-17-14(16(19)20-2)9-7-11-8-10-15(18)13-6-4-3-5-12(11)13/h3-6,8,10,14,17-18H,7,9H2,1-2H3/t14-/m0/s1. The number of likely N-dealkylation sites (N-methyl/N-ethyl adjacent to an activating group) is 1. The summed E-state index contributed by atoms with van der Waals surface area (Å²) in [6, 6.07) is 11.0. The fraction of sp³-hybridized carbons (Fsp3) is 0.312. The maximum absolute atomic E-state index is 11.6. The minimum absolute atomic E-state index is 0.254. The van der Waals surface area contributed by atoms with Crippen molar-refractivity contribution in [2.24, 2.45) is 0 Å². The van der Waals surface area contributed by atoms with Crippen molar-refractivity contribution in [1.82, 2.24) is 5.32 Å². The van der Waals surface area contributed by atoms with E-state index in [1.807, 2.05) is 30.3 Å². The van der Waals surface area contributed by atoms with E-state index in [1.54, 1.807) is 13.1 Å². The van der Waals surface area contributed by atoms with Gasteiger partial charge in [-0.1, -0.05) is 30.3 Å². The van der Waals surface area contributed by atoms with Gasteiger partial charge in [-0.05, 0) is 36.9 Å². The number of nitrogens with one attached hydrogen (secondary N) is 1. The fourth-order valence-corrected chi connectivity index (χ4v) is 2.39. The molecule has 4 heteroatoms. The van der Waals surface area contributed by atoms with Crippen molar-refractivity contribution in [2.75, 3.05) is 14.2 Å². The number of benzene rings is 2. The van der Waals surface area contributed by atoms with Crippen molar-refractivity contribution in [3.05, 3.63) is 42.0 Å². The Labute approximate surface area is 118 Å². The van der Waals surface area contributed by atoms with Gasteiger partial charge in [0.05, 0.1) is 7.11 Å². The lowest BCUT2D eigenvalue weighted by Crippen LogP contribution is -2.35. The van der Waals surface area contributed by atoms with Crippen LogP contribution in [0.1, 0.15) is 12.0 Å². The number of carbonyl (C=O) groups is 1. The zero-order valence-corrected chi connectivity index (χ0v) is 11.7. The number of esters is 1. The molecule has 2 N–H and O–H groups in total. The Morgan fingerprint density at radius 2 is 1.95 bits per heavy atom. The molecular weight excluding hydrogens is 254 g/mol. The highest BCUT2D eigenvalue weighted by molar-refractivity contribution is 5.90. The lowest BCUT2D eigenvalue weighted by atomic mass is 9.98. The number of phenolic OH excluding ortho intramolecular Hbond substituents is 1. The molecule has 4 nitrogen and oxygen atoms in total. The second-order valence-corrected chi connectivity index (χ2v) is 4.69. The van der Waals surface area contributed by atoms with E-state index in [2.05, 4.69) is 5.32 Å². The van der Waals surface area contributed by atoms with Crippen LogP contribution < -0.4 is 5.32 Å². The summed E-state index contributed by atoms with van der Waals surface area (Å²) in [6.45, 7) is 0. The quantitative estimate of drug-likeness (QED) is 0.820. The molecule has 20 heavy (non-hydrogen) atoms. The first-order valence-electron chi connectivity index (χ1n) is 6.62. The summed E-state index contributed by atoms with van der Waals surface area (Å²) in [7, 11) is 3.14. The number of aromatic hydroxyl groups is 1. The molecule has 0 radical (unpaired) electrons. The van der Waals surface area contributed by atoms with E-state index in [0.29, 0.717) is 6.42 Å². The van der Waals surface area contributed by atoms with Crippen LogP contribution in [0.4, 0.5) is 0 Å². The van der Waals surface area contributed by atoms with E-state index in [9.17, 15) is 9.90 Å². The normalized spacial score (nSPS) is 12.3. The minimum atomic E-state index is -0.312. The lowest BCUT2D eigenvalue weighted by molar-refractivity contribution is -0.143. The maximum atomic E-state index is 11.6. The van der Waals surface area contributed by atoms with Gasteiger partial charge in [0.2, 0.25) is 0 Å². The van der Waals surface area contributed by atoms with Crippen molar-refractivity contribution in [2.45, 2.75) is 18.9 Å². The highest BCUT2D eigenvalue weighted by atomic mass is 16.5. The summed E-state index contributed by atoms with van der Waals surface area (Å²) in [6.07, 6.45) is 1.39. The molecule has 2 rings (SSSR count). The Morgan fingerprint density at radius 1 is 1.25 bits per heavy atom. The number of hydrogen-bond acceptors (Lipinski definition) is 4. The van der Waals surface area contributed by atoms with Gasteiger partial charge in [-0.2, -0.15) is 0 Å². The predicted octanol–water partition coefficient (Wildman–Crippen LogP) is 2.24. The van der Waals surface area contributed by atoms with E-state index in [0.717, 1.165) is 22.8 Å². The summed E-state index contributed by atoms with van der Waals surface area (Å²) in [4.78, 5) is 11.6.